The van der Waals surface area contributed by atoms with Crippen molar-refractivity contribution in [2.24, 2.45) is 0 Å². The van der Waals surface area contributed by atoms with Crippen LogP contribution in [0.2, 0.25) is 0 Å². The molecule has 1 saturated carbocycles. The van der Waals surface area contributed by atoms with Gasteiger partial charge >= 0.3 is 6.09 Å². The maximum Gasteiger partial charge on any atom is 0.407 e. The van der Waals surface area contributed by atoms with E-state index in [2.05, 4.69) is 5.32 Å². The van der Waals surface area contributed by atoms with E-state index in [1.807, 2.05) is 0 Å². The first-order valence-corrected chi connectivity index (χ1v) is 6.00. The van der Waals surface area contributed by atoms with E-state index in [1.54, 1.807) is 20.8 Å². The first kappa shape index (κ1) is 17.1. The molecule has 18 heavy (non-hydrogen) atoms. The standard InChI is InChI=1S/C11H19F2NO2.CH4O/c1-10(2,3)16-9(15)14-8-5-4-6-11(12,13)7-8;1-2/h8H,4-7H2,1-3H3,(H,14,15);2H,1H3. The fourth-order valence-electron chi connectivity index (χ4n) is 1.77. The summed E-state index contributed by atoms with van der Waals surface area (Å²) in [6.45, 7) is 5.21. The van der Waals surface area contributed by atoms with Gasteiger partial charge in [-0.1, -0.05) is 0 Å². The molecule has 0 heterocycles. The van der Waals surface area contributed by atoms with Crippen molar-refractivity contribution in [1.82, 2.24) is 5.32 Å². The Kier molecular flexibility index (Phi) is 6.52. The number of alkyl halides is 2. The van der Waals surface area contributed by atoms with Gasteiger partial charge in [0.05, 0.1) is 0 Å². The van der Waals surface area contributed by atoms with Crippen molar-refractivity contribution in [3.8, 4) is 0 Å². The first-order valence-electron chi connectivity index (χ1n) is 6.00. The smallest absolute Gasteiger partial charge is 0.407 e. The van der Waals surface area contributed by atoms with E-state index in [9.17, 15) is 13.6 Å². The fourth-order valence-corrected chi connectivity index (χ4v) is 1.77. The minimum absolute atomic E-state index is 0.0838. The van der Waals surface area contributed by atoms with Gasteiger partial charge in [0.15, 0.2) is 0 Å². The van der Waals surface area contributed by atoms with Crippen LogP contribution < -0.4 is 5.32 Å². The van der Waals surface area contributed by atoms with Crippen molar-refractivity contribution < 1.29 is 23.4 Å². The summed E-state index contributed by atoms with van der Waals surface area (Å²) in [5, 5.41) is 9.49. The lowest BCUT2D eigenvalue weighted by Gasteiger charge is -2.30. The zero-order chi connectivity index (χ0) is 14.4. The van der Waals surface area contributed by atoms with Crippen LogP contribution in [0.25, 0.3) is 0 Å². The van der Waals surface area contributed by atoms with Crippen LogP contribution >= 0.6 is 0 Å². The molecule has 1 aliphatic rings. The Morgan fingerprint density at radius 2 is 1.94 bits per heavy atom. The van der Waals surface area contributed by atoms with Gasteiger partial charge in [0.1, 0.15) is 5.60 Å². The molecule has 0 aromatic rings. The molecular formula is C12H23F2NO3. The number of rotatable bonds is 1. The minimum atomic E-state index is -2.65. The van der Waals surface area contributed by atoms with Crippen molar-refractivity contribution >= 4 is 6.09 Å². The number of ether oxygens (including phenoxy) is 1. The molecule has 4 nitrogen and oxygen atoms in total. The average Bonchev–Trinajstić information content (AvgIpc) is 2.15. The van der Waals surface area contributed by atoms with E-state index in [1.165, 1.54) is 0 Å². The topological polar surface area (TPSA) is 58.6 Å². The Labute approximate surface area is 107 Å². The monoisotopic (exact) mass is 267 g/mol. The molecule has 108 valence electrons. The Hall–Kier alpha value is -0.910. The number of hydrogen-bond donors (Lipinski definition) is 2. The lowest BCUT2D eigenvalue weighted by Crippen LogP contribution is -2.44. The molecule has 0 aliphatic heterocycles. The molecule has 1 unspecified atom stereocenters. The van der Waals surface area contributed by atoms with Crippen molar-refractivity contribution in [3.63, 3.8) is 0 Å². The van der Waals surface area contributed by atoms with Crippen LogP contribution in [-0.4, -0.2) is 35.9 Å². The molecule has 6 heteroatoms. The second-order valence-electron chi connectivity index (χ2n) is 5.30. The highest BCUT2D eigenvalue weighted by atomic mass is 19.3. The van der Waals surface area contributed by atoms with Gasteiger partial charge in [-0.3, -0.25) is 0 Å². The molecule has 0 aromatic heterocycles. The van der Waals surface area contributed by atoms with Crippen LogP contribution in [-0.2, 0) is 4.74 Å². The van der Waals surface area contributed by atoms with E-state index < -0.39 is 23.7 Å². The molecule has 1 fully saturated rings. The lowest BCUT2D eigenvalue weighted by molar-refractivity contribution is -0.0447. The maximum absolute atomic E-state index is 13.1. The zero-order valence-electron chi connectivity index (χ0n) is 11.4. The normalized spacial score (nSPS) is 22.5. The molecule has 0 radical (unpaired) electrons. The van der Waals surface area contributed by atoms with Gasteiger partial charge in [0, 0.05) is 26.0 Å². The largest absolute Gasteiger partial charge is 0.444 e. The van der Waals surface area contributed by atoms with Gasteiger partial charge < -0.3 is 15.2 Å². The number of aliphatic hydroxyl groups excluding tert-OH is 1. The second kappa shape index (κ2) is 6.87. The van der Waals surface area contributed by atoms with E-state index >= 15 is 0 Å². The summed E-state index contributed by atoms with van der Waals surface area (Å²) in [4.78, 5) is 11.4. The molecular weight excluding hydrogens is 244 g/mol. The number of carbonyl (C=O) groups is 1. The predicted octanol–water partition coefficient (Wildman–Crippen LogP) is 2.70. The molecule has 1 rings (SSSR count). The first-order chi connectivity index (χ1) is 8.18. The van der Waals surface area contributed by atoms with Crippen LogP contribution in [0.4, 0.5) is 13.6 Å². The zero-order valence-corrected chi connectivity index (χ0v) is 11.4. The van der Waals surface area contributed by atoms with Crippen LogP contribution in [0.15, 0.2) is 0 Å². The van der Waals surface area contributed by atoms with Crippen molar-refractivity contribution in [2.45, 2.75) is 64.0 Å². The third kappa shape index (κ3) is 7.42. The van der Waals surface area contributed by atoms with Gasteiger partial charge in [-0.25, -0.2) is 13.6 Å². The average molecular weight is 267 g/mol. The molecule has 0 aromatic carbocycles. The molecule has 0 bridgehead atoms. The molecule has 1 aliphatic carbocycles. The quantitative estimate of drug-likeness (QED) is 0.768. The summed E-state index contributed by atoms with van der Waals surface area (Å²) in [6, 6.07) is -0.474. The maximum atomic E-state index is 13.1. The number of aliphatic hydroxyl groups is 1. The Bertz CT molecular complexity index is 265. The Morgan fingerprint density at radius 3 is 2.39 bits per heavy atom. The van der Waals surface area contributed by atoms with Crippen LogP contribution in [0.5, 0.6) is 0 Å². The summed E-state index contributed by atoms with van der Waals surface area (Å²) >= 11 is 0. The number of carbonyl (C=O) groups excluding carboxylic acids is 1. The molecule has 0 saturated heterocycles. The Morgan fingerprint density at radius 1 is 1.39 bits per heavy atom. The number of nitrogens with one attached hydrogen (secondary N) is 1. The lowest BCUT2D eigenvalue weighted by atomic mass is 9.92. The summed E-state index contributed by atoms with van der Waals surface area (Å²) in [5.41, 5.74) is -0.596. The number of halogens is 2. The number of alkyl carbamates (subject to hydrolysis) is 1. The summed E-state index contributed by atoms with van der Waals surface area (Å²) in [7, 11) is 1.00. The second-order valence-corrected chi connectivity index (χ2v) is 5.30. The van der Waals surface area contributed by atoms with Crippen molar-refractivity contribution in [3.05, 3.63) is 0 Å². The predicted molar refractivity (Wildman–Crippen MR) is 64.7 cm³/mol. The van der Waals surface area contributed by atoms with Crippen LogP contribution in [0, 0.1) is 0 Å². The molecule has 2 N–H and O–H groups in total. The van der Waals surface area contributed by atoms with Gasteiger partial charge in [-0.15, -0.1) is 0 Å². The van der Waals surface area contributed by atoms with E-state index in [-0.39, 0.29) is 12.8 Å². The third-order valence-electron chi connectivity index (χ3n) is 2.36. The van der Waals surface area contributed by atoms with E-state index in [0.717, 1.165) is 7.11 Å². The number of hydrogen-bond acceptors (Lipinski definition) is 3. The van der Waals surface area contributed by atoms with E-state index in [0.29, 0.717) is 12.8 Å². The van der Waals surface area contributed by atoms with Crippen LogP contribution in [0.3, 0.4) is 0 Å². The fraction of sp³-hybridized carbons (Fsp3) is 0.917. The highest BCUT2D eigenvalue weighted by Gasteiger charge is 2.37. The minimum Gasteiger partial charge on any atom is -0.444 e. The molecule has 0 spiro atoms. The van der Waals surface area contributed by atoms with Crippen LogP contribution in [0.1, 0.15) is 46.5 Å². The summed E-state index contributed by atoms with van der Waals surface area (Å²) in [5.74, 6) is -2.65. The SMILES string of the molecule is CC(C)(C)OC(=O)NC1CCCC(F)(F)C1.CO. The molecule has 1 amide bonds. The summed E-state index contributed by atoms with van der Waals surface area (Å²) < 4.78 is 31.1. The summed E-state index contributed by atoms with van der Waals surface area (Å²) in [6.07, 6.45) is 0.0452. The van der Waals surface area contributed by atoms with Gasteiger partial charge in [0.25, 0.3) is 0 Å². The number of amides is 1. The van der Waals surface area contributed by atoms with Gasteiger partial charge in [0.2, 0.25) is 5.92 Å². The highest BCUT2D eigenvalue weighted by molar-refractivity contribution is 5.68. The van der Waals surface area contributed by atoms with Crippen molar-refractivity contribution in [1.29, 1.82) is 0 Å². The molecule has 1 atom stereocenters. The van der Waals surface area contributed by atoms with Crippen molar-refractivity contribution in [2.75, 3.05) is 7.11 Å². The van der Waals surface area contributed by atoms with E-state index in [4.69, 9.17) is 9.84 Å². The van der Waals surface area contributed by atoms with Gasteiger partial charge in [-0.05, 0) is 33.6 Å². The Balaban J connectivity index is 0.00000137. The van der Waals surface area contributed by atoms with Gasteiger partial charge in [-0.2, -0.15) is 0 Å². The third-order valence-corrected chi connectivity index (χ3v) is 2.36. The highest BCUT2D eigenvalue weighted by Crippen LogP contribution is 2.33.